The number of nitrogens with zero attached hydrogens (tertiary/aromatic N) is 3. The second kappa shape index (κ2) is 8.41. The van der Waals surface area contributed by atoms with Crippen molar-refractivity contribution in [2.75, 3.05) is 40.3 Å². The molecule has 1 aliphatic rings. The van der Waals surface area contributed by atoms with E-state index in [9.17, 15) is 0 Å². The maximum Gasteiger partial charge on any atom is 0.193 e. The summed E-state index contributed by atoms with van der Waals surface area (Å²) in [6.45, 7) is 11.2. The number of hydrogen-bond donors (Lipinski definition) is 1. The predicted molar refractivity (Wildman–Crippen MR) is 83.7 cm³/mol. The number of piperidine rings is 1. The second-order valence-corrected chi connectivity index (χ2v) is 5.88. The Kier molecular flexibility index (Phi) is 7.21. The SMILES string of the molecule is CCC(C)N(C)CCNC(=NC)N1CCC(C)CC1. The minimum absolute atomic E-state index is 0.652. The smallest absolute Gasteiger partial charge is 0.193 e. The van der Waals surface area contributed by atoms with Gasteiger partial charge in [0.05, 0.1) is 0 Å². The number of likely N-dealkylation sites (N-methyl/N-ethyl adjacent to an activating group) is 1. The standard InChI is InChI=1S/C15H32N4/c1-6-14(3)18(5)12-9-17-15(16-4)19-10-7-13(2)8-11-19/h13-14H,6-12H2,1-5H3,(H,16,17). The Hall–Kier alpha value is -0.770. The summed E-state index contributed by atoms with van der Waals surface area (Å²) in [7, 11) is 4.08. The summed E-state index contributed by atoms with van der Waals surface area (Å²) < 4.78 is 0. The van der Waals surface area contributed by atoms with Crippen molar-refractivity contribution in [1.29, 1.82) is 0 Å². The van der Waals surface area contributed by atoms with E-state index in [0.717, 1.165) is 38.1 Å². The summed E-state index contributed by atoms with van der Waals surface area (Å²) in [5.41, 5.74) is 0. The molecule has 1 saturated heterocycles. The molecule has 1 heterocycles. The molecule has 0 aliphatic carbocycles. The molecule has 1 N–H and O–H groups in total. The van der Waals surface area contributed by atoms with E-state index in [4.69, 9.17) is 0 Å². The van der Waals surface area contributed by atoms with Crippen molar-refractivity contribution in [3.8, 4) is 0 Å². The molecule has 1 atom stereocenters. The quantitative estimate of drug-likeness (QED) is 0.611. The molecule has 0 bridgehead atoms. The number of nitrogens with one attached hydrogen (secondary N) is 1. The largest absolute Gasteiger partial charge is 0.355 e. The van der Waals surface area contributed by atoms with Crippen molar-refractivity contribution >= 4 is 5.96 Å². The third-order valence-corrected chi connectivity index (χ3v) is 4.39. The average Bonchev–Trinajstić information content (AvgIpc) is 2.43. The van der Waals surface area contributed by atoms with Gasteiger partial charge in [-0.3, -0.25) is 4.99 Å². The van der Waals surface area contributed by atoms with Gasteiger partial charge < -0.3 is 15.1 Å². The highest BCUT2D eigenvalue weighted by Crippen LogP contribution is 2.15. The van der Waals surface area contributed by atoms with Crippen LogP contribution in [-0.2, 0) is 0 Å². The minimum atomic E-state index is 0.652. The molecule has 19 heavy (non-hydrogen) atoms. The van der Waals surface area contributed by atoms with E-state index in [2.05, 4.69) is 47.9 Å². The number of likely N-dealkylation sites (tertiary alicyclic amines) is 1. The Bertz CT molecular complexity index is 269. The average molecular weight is 268 g/mol. The molecular weight excluding hydrogens is 236 g/mol. The highest BCUT2D eigenvalue weighted by Gasteiger charge is 2.18. The molecule has 0 radical (unpaired) electrons. The Morgan fingerprint density at radius 3 is 2.58 bits per heavy atom. The van der Waals surface area contributed by atoms with Crippen LogP contribution in [0.5, 0.6) is 0 Å². The number of rotatable bonds is 5. The van der Waals surface area contributed by atoms with Gasteiger partial charge in [-0.1, -0.05) is 13.8 Å². The molecule has 4 nitrogen and oxygen atoms in total. The van der Waals surface area contributed by atoms with Crippen LogP contribution in [-0.4, -0.2) is 62.1 Å². The molecule has 112 valence electrons. The van der Waals surface area contributed by atoms with Gasteiger partial charge in [0.15, 0.2) is 5.96 Å². The zero-order chi connectivity index (χ0) is 14.3. The van der Waals surface area contributed by atoms with Crippen molar-refractivity contribution < 1.29 is 0 Å². The summed E-state index contributed by atoms with van der Waals surface area (Å²) in [6.07, 6.45) is 3.77. The molecule has 1 rings (SSSR count). The highest BCUT2D eigenvalue weighted by molar-refractivity contribution is 5.79. The van der Waals surface area contributed by atoms with Crippen molar-refractivity contribution in [1.82, 2.24) is 15.1 Å². The molecule has 0 aromatic heterocycles. The first-order valence-corrected chi connectivity index (χ1v) is 7.74. The van der Waals surface area contributed by atoms with E-state index in [1.54, 1.807) is 0 Å². The van der Waals surface area contributed by atoms with Gasteiger partial charge in [0.2, 0.25) is 0 Å². The Balaban J connectivity index is 2.30. The van der Waals surface area contributed by atoms with Crippen LogP contribution in [0.4, 0.5) is 0 Å². The van der Waals surface area contributed by atoms with Gasteiger partial charge in [0.25, 0.3) is 0 Å². The van der Waals surface area contributed by atoms with Crippen molar-refractivity contribution in [2.45, 2.75) is 46.1 Å². The second-order valence-electron chi connectivity index (χ2n) is 5.88. The summed E-state index contributed by atoms with van der Waals surface area (Å²) in [4.78, 5) is 9.21. The van der Waals surface area contributed by atoms with E-state index in [1.807, 2.05) is 7.05 Å². The van der Waals surface area contributed by atoms with E-state index < -0.39 is 0 Å². The van der Waals surface area contributed by atoms with Gasteiger partial charge in [-0.25, -0.2) is 0 Å². The molecule has 0 aromatic rings. The van der Waals surface area contributed by atoms with Crippen LogP contribution < -0.4 is 5.32 Å². The lowest BCUT2D eigenvalue weighted by Crippen LogP contribution is -2.47. The van der Waals surface area contributed by atoms with Crippen LogP contribution in [0.1, 0.15) is 40.0 Å². The molecule has 0 spiro atoms. The fourth-order valence-electron chi connectivity index (χ4n) is 2.43. The predicted octanol–water partition coefficient (Wildman–Crippen LogP) is 2.02. The fraction of sp³-hybridized carbons (Fsp3) is 0.933. The van der Waals surface area contributed by atoms with Crippen LogP contribution in [0.15, 0.2) is 4.99 Å². The maximum atomic E-state index is 4.41. The van der Waals surface area contributed by atoms with Gasteiger partial charge >= 0.3 is 0 Å². The van der Waals surface area contributed by atoms with E-state index in [-0.39, 0.29) is 0 Å². The van der Waals surface area contributed by atoms with Gasteiger partial charge in [-0.15, -0.1) is 0 Å². The van der Waals surface area contributed by atoms with Gasteiger partial charge in [0.1, 0.15) is 0 Å². The van der Waals surface area contributed by atoms with Crippen LogP contribution >= 0.6 is 0 Å². The van der Waals surface area contributed by atoms with Crippen LogP contribution in [0.3, 0.4) is 0 Å². The molecule has 1 unspecified atom stereocenters. The van der Waals surface area contributed by atoms with Crippen molar-refractivity contribution in [3.63, 3.8) is 0 Å². The van der Waals surface area contributed by atoms with Crippen molar-refractivity contribution in [3.05, 3.63) is 0 Å². The number of aliphatic imine (C=N–C) groups is 1. The third kappa shape index (κ3) is 5.39. The monoisotopic (exact) mass is 268 g/mol. The summed E-state index contributed by atoms with van der Waals surface area (Å²) in [6, 6.07) is 0.652. The molecular formula is C15H32N4. The summed E-state index contributed by atoms with van der Waals surface area (Å²) >= 11 is 0. The Labute approximate surface area is 119 Å². The lowest BCUT2D eigenvalue weighted by molar-refractivity contribution is 0.249. The Morgan fingerprint density at radius 2 is 2.05 bits per heavy atom. The first-order chi connectivity index (χ1) is 9.08. The Morgan fingerprint density at radius 1 is 1.42 bits per heavy atom. The normalized spacial score (nSPS) is 19.9. The maximum absolute atomic E-state index is 4.41. The van der Waals surface area contributed by atoms with E-state index in [1.165, 1.54) is 19.3 Å². The van der Waals surface area contributed by atoms with Gasteiger partial charge in [-0.2, -0.15) is 0 Å². The molecule has 1 aliphatic heterocycles. The van der Waals surface area contributed by atoms with E-state index in [0.29, 0.717) is 6.04 Å². The molecule has 4 heteroatoms. The van der Waals surface area contributed by atoms with Crippen LogP contribution in [0.25, 0.3) is 0 Å². The lowest BCUT2D eigenvalue weighted by atomic mass is 10.00. The van der Waals surface area contributed by atoms with E-state index >= 15 is 0 Å². The van der Waals surface area contributed by atoms with Gasteiger partial charge in [-0.05, 0) is 39.2 Å². The first kappa shape index (κ1) is 16.3. The zero-order valence-electron chi connectivity index (χ0n) is 13.4. The lowest BCUT2D eigenvalue weighted by Gasteiger charge is -2.33. The first-order valence-electron chi connectivity index (χ1n) is 7.74. The van der Waals surface area contributed by atoms with Crippen LogP contribution in [0.2, 0.25) is 0 Å². The fourth-order valence-corrected chi connectivity index (χ4v) is 2.43. The number of hydrogen-bond acceptors (Lipinski definition) is 2. The molecule has 0 aromatic carbocycles. The summed E-state index contributed by atoms with van der Waals surface area (Å²) in [5, 5.41) is 3.50. The number of guanidine groups is 1. The van der Waals surface area contributed by atoms with Crippen LogP contribution in [0, 0.1) is 5.92 Å². The zero-order valence-corrected chi connectivity index (χ0v) is 13.4. The third-order valence-electron chi connectivity index (χ3n) is 4.39. The van der Waals surface area contributed by atoms with Crippen molar-refractivity contribution in [2.24, 2.45) is 10.9 Å². The molecule has 1 fully saturated rings. The van der Waals surface area contributed by atoms with Gasteiger partial charge in [0, 0.05) is 39.3 Å². The molecule has 0 saturated carbocycles. The topological polar surface area (TPSA) is 30.9 Å². The minimum Gasteiger partial charge on any atom is -0.355 e. The highest BCUT2D eigenvalue weighted by atomic mass is 15.3. The molecule has 0 amide bonds. The summed E-state index contributed by atoms with van der Waals surface area (Å²) in [5.74, 6) is 1.94.